The molecule has 3 N–H and O–H groups in total. The number of carbonyl (C=O) groups is 2. The number of ketones is 1. The van der Waals surface area contributed by atoms with Crippen molar-refractivity contribution >= 4 is 28.5 Å². The molecule has 0 aromatic heterocycles. The van der Waals surface area contributed by atoms with Crippen molar-refractivity contribution < 1.29 is 14.7 Å². The third-order valence-corrected chi connectivity index (χ3v) is 4.13. The summed E-state index contributed by atoms with van der Waals surface area (Å²) < 4.78 is 0. The highest BCUT2D eigenvalue weighted by atomic mass is 35.5. The van der Waals surface area contributed by atoms with Crippen molar-refractivity contribution in [3.8, 4) is 0 Å². The fourth-order valence-electron chi connectivity index (χ4n) is 2.18. The van der Waals surface area contributed by atoms with Crippen molar-refractivity contribution in [2.45, 2.75) is 45.6 Å². The van der Waals surface area contributed by atoms with E-state index in [1.54, 1.807) is 6.92 Å². The third kappa shape index (κ3) is 3.80. The van der Waals surface area contributed by atoms with Crippen LogP contribution < -0.4 is 5.73 Å². The van der Waals surface area contributed by atoms with Gasteiger partial charge in [-0.15, -0.1) is 0 Å². The second-order valence-electron chi connectivity index (χ2n) is 5.15. The Morgan fingerprint density at radius 1 is 1.42 bits per heavy atom. The average molecular weight is 287 g/mol. The summed E-state index contributed by atoms with van der Waals surface area (Å²) in [6.45, 7) is 3.57. The molecule has 0 bridgehead atoms. The summed E-state index contributed by atoms with van der Waals surface area (Å²) in [5.41, 5.74) is 4.74. The molecule has 0 saturated heterocycles. The van der Waals surface area contributed by atoms with E-state index in [2.05, 4.69) is 4.99 Å². The molecule has 1 aliphatic rings. The lowest BCUT2D eigenvalue weighted by Crippen LogP contribution is -2.32. The minimum Gasteiger partial charge on any atom is -0.478 e. The molecule has 0 aromatic carbocycles. The molecule has 0 aromatic rings. The molecule has 0 spiro atoms. The third-order valence-electron chi connectivity index (χ3n) is 3.82. The van der Waals surface area contributed by atoms with Gasteiger partial charge < -0.3 is 10.8 Å². The maximum Gasteiger partial charge on any atom is 0.340 e. The average Bonchev–Trinajstić information content (AvgIpc) is 2.32. The number of aliphatic carboxylic acids is 1. The molecule has 0 unspecified atom stereocenters. The first kappa shape index (κ1) is 15.7. The molecule has 106 valence electrons. The molecular weight excluding hydrogens is 268 g/mol. The maximum absolute atomic E-state index is 11.5. The van der Waals surface area contributed by atoms with Gasteiger partial charge in [-0.25, -0.2) is 4.79 Å². The van der Waals surface area contributed by atoms with Gasteiger partial charge in [0.05, 0.1) is 6.04 Å². The summed E-state index contributed by atoms with van der Waals surface area (Å²) in [6, 6.07) is -0.0470. The van der Waals surface area contributed by atoms with Crippen LogP contribution in [0.4, 0.5) is 0 Å². The first-order valence-corrected chi connectivity index (χ1v) is 6.58. The van der Waals surface area contributed by atoms with E-state index in [4.69, 9.17) is 22.4 Å². The topological polar surface area (TPSA) is 92.8 Å². The Morgan fingerprint density at radius 2 is 1.95 bits per heavy atom. The normalized spacial score (nSPS) is 29.1. The Bertz CT molecular complexity index is 435. The van der Waals surface area contributed by atoms with Gasteiger partial charge in [0.25, 0.3) is 0 Å². The molecule has 0 atom stereocenters. The fourth-order valence-corrected chi connectivity index (χ4v) is 2.46. The highest BCUT2D eigenvalue weighted by Crippen LogP contribution is 2.37. The number of halogens is 1. The molecule has 0 radical (unpaired) electrons. The van der Waals surface area contributed by atoms with E-state index in [1.165, 1.54) is 0 Å². The van der Waals surface area contributed by atoms with Crippen LogP contribution >= 0.6 is 11.6 Å². The Kier molecular flexibility index (Phi) is 5.11. The summed E-state index contributed by atoms with van der Waals surface area (Å²) in [6.07, 6.45) is 3.88. The standard InChI is InChI=1S/C13H19ClN2O3/c1-8(17)13(2)5-3-9(4-6-13)16-11(14)10(7-15)12(18)19/h7,9H,3-6,15H2,1-2H3,(H,18,19). The summed E-state index contributed by atoms with van der Waals surface area (Å²) >= 11 is 5.86. The quantitative estimate of drug-likeness (QED) is 0.611. The Morgan fingerprint density at radius 3 is 2.32 bits per heavy atom. The van der Waals surface area contributed by atoms with Crippen LogP contribution in [0.3, 0.4) is 0 Å². The number of carboxylic acids is 1. The van der Waals surface area contributed by atoms with Crippen molar-refractivity contribution in [3.63, 3.8) is 0 Å². The lowest BCUT2D eigenvalue weighted by atomic mass is 9.72. The number of hydrogen-bond donors (Lipinski definition) is 2. The molecule has 19 heavy (non-hydrogen) atoms. The van der Waals surface area contributed by atoms with Crippen LogP contribution in [0, 0.1) is 5.41 Å². The number of nitrogens with zero attached hydrogens (tertiary/aromatic N) is 1. The number of hydrogen-bond acceptors (Lipinski definition) is 4. The summed E-state index contributed by atoms with van der Waals surface area (Å²) in [5, 5.41) is 8.79. The van der Waals surface area contributed by atoms with Crippen molar-refractivity contribution in [2.75, 3.05) is 0 Å². The van der Waals surface area contributed by atoms with Gasteiger partial charge >= 0.3 is 5.97 Å². The molecule has 0 amide bonds. The van der Waals surface area contributed by atoms with Crippen LogP contribution in [0.5, 0.6) is 0 Å². The highest BCUT2D eigenvalue weighted by molar-refractivity contribution is 6.72. The molecule has 0 aliphatic heterocycles. The Balaban J connectivity index is 2.72. The number of aliphatic imine (C=N–C) groups is 1. The van der Waals surface area contributed by atoms with Gasteiger partial charge in [0.2, 0.25) is 0 Å². The van der Waals surface area contributed by atoms with Crippen LogP contribution in [0.15, 0.2) is 16.8 Å². The fraction of sp³-hybridized carbons (Fsp3) is 0.615. The zero-order valence-corrected chi connectivity index (χ0v) is 11.9. The van der Waals surface area contributed by atoms with Crippen molar-refractivity contribution in [1.29, 1.82) is 0 Å². The van der Waals surface area contributed by atoms with E-state index in [-0.39, 0.29) is 28.0 Å². The van der Waals surface area contributed by atoms with Crippen molar-refractivity contribution in [1.82, 2.24) is 0 Å². The molecule has 1 fully saturated rings. The molecule has 5 nitrogen and oxygen atoms in total. The van der Waals surface area contributed by atoms with Crippen LogP contribution in [0.2, 0.25) is 0 Å². The minimum atomic E-state index is -1.19. The van der Waals surface area contributed by atoms with E-state index < -0.39 is 5.97 Å². The first-order valence-electron chi connectivity index (χ1n) is 6.20. The summed E-state index contributed by atoms with van der Waals surface area (Å²) in [4.78, 5) is 26.6. The van der Waals surface area contributed by atoms with E-state index in [0.717, 1.165) is 31.9 Å². The zero-order valence-electron chi connectivity index (χ0n) is 11.1. The minimum absolute atomic E-state index is 0.0470. The lowest BCUT2D eigenvalue weighted by molar-refractivity contribution is -0.132. The molecule has 0 heterocycles. The number of rotatable bonds is 4. The molecule has 1 rings (SSSR count). The largest absolute Gasteiger partial charge is 0.478 e. The summed E-state index contributed by atoms with van der Waals surface area (Å²) in [5.74, 6) is -1.00. The van der Waals surface area contributed by atoms with E-state index in [0.29, 0.717) is 0 Å². The highest BCUT2D eigenvalue weighted by Gasteiger charge is 2.35. The smallest absolute Gasteiger partial charge is 0.340 e. The molecular formula is C13H19ClN2O3. The van der Waals surface area contributed by atoms with Gasteiger partial charge in [0.1, 0.15) is 16.5 Å². The molecule has 1 saturated carbocycles. The zero-order chi connectivity index (χ0) is 14.6. The maximum atomic E-state index is 11.5. The SMILES string of the molecule is CC(=O)C1(C)CCC(N=C(Cl)C(=CN)C(=O)O)CC1. The molecule has 6 heteroatoms. The predicted molar refractivity (Wildman–Crippen MR) is 74.2 cm³/mol. The van der Waals surface area contributed by atoms with E-state index in [1.807, 2.05) is 6.92 Å². The van der Waals surface area contributed by atoms with Crippen LogP contribution in [-0.4, -0.2) is 28.1 Å². The van der Waals surface area contributed by atoms with Gasteiger partial charge in [-0.05, 0) is 32.6 Å². The number of carboxylic acid groups (broad SMARTS) is 1. The van der Waals surface area contributed by atoms with Gasteiger partial charge in [0.15, 0.2) is 0 Å². The number of carbonyl (C=O) groups excluding carboxylic acids is 1. The molecule has 1 aliphatic carbocycles. The van der Waals surface area contributed by atoms with Gasteiger partial charge in [-0.3, -0.25) is 9.79 Å². The van der Waals surface area contributed by atoms with Crippen molar-refractivity contribution in [3.05, 3.63) is 11.8 Å². The van der Waals surface area contributed by atoms with Crippen LogP contribution in [-0.2, 0) is 9.59 Å². The van der Waals surface area contributed by atoms with E-state index in [9.17, 15) is 9.59 Å². The van der Waals surface area contributed by atoms with Gasteiger partial charge in [0, 0.05) is 11.6 Å². The Hall–Kier alpha value is -1.36. The van der Waals surface area contributed by atoms with Crippen LogP contribution in [0.25, 0.3) is 0 Å². The first-order chi connectivity index (χ1) is 8.80. The van der Waals surface area contributed by atoms with E-state index >= 15 is 0 Å². The number of Topliss-reactive ketones (excluding diaryl/α,β-unsaturated/α-hetero) is 1. The number of nitrogens with two attached hydrogens (primary N) is 1. The van der Waals surface area contributed by atoms with Crippen LogP contribution in [0.1, 0.15) is 39.5 Å². The Labute approximate surface area is 117 Å². The predicted octanol–water partition coefficient (Wildman–Crippen LogP) is 2.09. The van der Waals surface area contributed by atoms with Gasteiger partial charge in [-0.1, -0.05) is 18.5 Å². The second kappa shape index (κ2) is 6.19. The van der Waals surface area contributed by atoms with Gasteiger partial charge in [-0.2, -0.15) is 0 Å². The second-order valence-corrected chi connectivity index (χ2v) is 5.51. The lowest BCUT2D eigenvalue weighted by Gasteiger charge is -2.33. The summed E-state index contributed by atoms with van der Waals surface area (Å²) in [7, 11) is 0. The monoisotopic (exact) mass is 286 g/mol. The van der Waals surface area contributed by atoms with Crippen molar-refractivity contribution in [2.24, 2.45) is 16.1 Å².